The highest BCUT2D eigenvalue weighted by Gasteiger charge is 2.36. The zero-order valence-electron chi connectivity index (χ0n) is 14.9. The summed E-state index contributed by atoms with van der Waals surface area (Å²) in [5, 5.41) is 17.1. The largest absolute Gasteiger partial charge is 0.494 e. The van der Waals surface area contributed by atoms with Crippen LogP contribution in [-0.2, 0) is 0 Å². The fourth-order valence-electron chi connectivity index (χ4n) is 3.24. The van der Waals surface area contributed by atoms with Crippen LogP contribution < -0.4 is 15.2 Å². The number of thiophene rings is 1. The number of allylic oxidation sites excluding steroid dienone is 1. The van der Waals surface area contributed by atoms with Gasteiger partial charge in [0, 0.05) is 15.3 Å². The van der Waals surface area contributed by atoms with E-state index in [0.717, 1.165) is 27.4 Å². The molecule has 1 aliphatic heterocycles. The fourth-order valence-corrected chi connectivity index (χ4v) is 4.24. The number of H-pyrrole nitrogens is 1. The first-order valence-corrected chi connectivity index (χ1v) is 9.39. The Bertz CT molecular complexity index is 1060. The number of hydrogen-bond donors (Lipinski definition) is 2. The van der Waals surface area contributed by atoms with E-state index in [2.05, 4.69) is 16.3 Å². The van der Waals surface area contributed by atoms with Gasteiger partial charge >= 0.3 is 0 Å². The van der Waals surface area contributed by atoms with Gasteiger partial charge in [-0.05, 0) is 50.2 Å². The lowest BCUT2D eigenvalue weighted by molar-refractivity contribution is 0.340. The number of benzene rings is 1. The van der Waals surface area contributed by atoms with Crippen LogP contribution in [0.1, 0.15) is 28.2 Å². The van der Waals surface area contributed by atoms with Crippen molar-refractivity contribution >= 4 is 11.3 Å². The minimum atomic E-state index is -0.308. The van der Waals surface area contributed by atoms with Crippen LogP contribution in [0.4, 0.5) is 0 Å². The molecule has 1 atom stereocenters. The predicted molar refractivity (Wildman–Crippen MR) is 104 cm³/mol. The molecule has 6 nitrogen and oxygen atoms in total. The number of nitrogens with zero attached hydrogens (tertiary/aromatic N) is 2. The van der Waals surface area contributed by atoms with Gasteiger partial charge in [-0.15, -0.1) is 16.4 Å². The molecule has 7 heteroatoms. The van der Waals surface area contributed by atoms with Crippen LogP contribution in [0, 0.1) is 18.3 Å². The molecule has 3 N–H and O–H groups in total. The third-order valence-corrected chi connectivity index (χ3v) is 5.50. The third kappa shape index (κ3) is 2.94. The number of nitrogens with one attached hydrogen (secondary N) is 1. The molecule has 3 heterocycles. The molecule has 1 aromatic carbocycles. The topological polar surface area (TPSA) is 97.0 Å². The van der Waals surface area contributed by atoms with Crippen molar-refractivity contribution in [3.05, 3.63) is 63.2 Å². The minimum Gasteiger partial charge on any atom is -0.494 e. The summed E-state index contributed by atoms with van der Waals surface area (Å²) in [5.41, 5.74) is 8.98. The van der Waals surface area contributed by atoms with Crippen LogP contribution >= 0.6 is 11.3 Å². The Morgan fingerprint density at radius 1 is 1.30 bits per heavy atom. The maximum Gasteiger partial charge on any atom is 0.244 e. The van der Waals surface area contributed by atoms with Crippen LogP contribution in [0.3, 0.4) is 0 Å². The highest BCUT2D eigenvalue weighted by molar-refractivity contribution is 7.12. The molecule has 0 bridgehead atoms. The summed E-state index contributed by atoms with van der Waals surface area (Å²) in [6.45, 7) is 4.60. The average molecular weight is 378 g/mol. The van der Waals surface area contributed by atoms with Crippen molar-refractivity contribution in [1.29, 1.82) is 5.26 Å². The van der Waals surface area contributed by atoms with Gasteiger partial charge < -0.3 is 15.2 Å². The first-order chi connectivity index (χ1) is 13.1. The Morgan fingerprint density at radius 2 is 2.07 bits per heavy atom. The van der Waals surface area contributed by atoms with E-state index in [9.17, 15) is 5.26 Å². The van der Waals surface area contributed by atoms with Gasteiger partial charge in [0.05, 0.1) is 23.8 Å². The van der Waals surface area contributed by atoms with E-state index in [1.807, 2.05) is 50.2 Å². The first-order valence-electron chi connectivity index (χ1n) is 8.57. The molecule has 0 spiro atoms. The molecule has 0 saturated carbocycles. The Kier molecular flexibility index (Phi) is 4.34. The number of hydrogen-bond acceptors (Lipinski definition) is 6. The average Bonchev–Trinajstić information content (AvgIpc) is 3.27. The lowest BCUT2D eigenvalue weighted by Crippen LogP contribution is -2.20. The van der Waals surface area contributed by atoms with E-state index in [4.69, 9.17) is 15.2 Å². The Hall–Kier alpha value is -3.24. The monoisotopic (exact) mass is 378 g/mol. The second-order valence-electron chi connectivity index (χ2n) is 6.15. The maximum atomic E-state index is 9.71. The van der Waals surface area contributed by atoms with Crippen molar-refractivity contribution in [1.82, 2.24) is 10.2 Å². The molecule has 136 valence electrons. The number of aromatic nitrogens is 2. The summed E-state index contributed by atoms with van der Waals surface area (Å²) in [7, 11) is 0. The van der Waals surface area contributed by atoms with Crippen molar-refractivity contribution in [2.75, 3.05) is 6.61 Å². The van der Waals surface area contributed by atoms with Gasteiger partial charge in [-0.3, -0.25) is 5.10 Å². The molecule has 4 rings (SSSR count). The molecule has 0 radical (unpaired) electrons. The van der Waals surface area contributed by atoms with E-state index in [0.29, 0.717) is 18.1 Å². The predicted octanol–water partition coefficient (Wildman–Crippen LogP) is 4.06. The summed E-state index contributed by atoms with van der Waals surface area (Å²) in [5.74, 6) is 1.01. The van der Waals surface area contributed by atoms with Crippen molar-refractivity contribution in [2.24, 2.45) is 5.73 Å². The second kappa shape index (κ2) is 6.82. The summed E-state index contributed by atoms with van der Waals surface area (Å²) >= 11 is 1.64. The quantitative estimate of drug-likeness (QED) is 0.713. The Labute approximate surface area is 160 Å². The molecular formula is C20H18N4O2S. The normalized spacial score (nSPS) is 15.8. The molecule has 27 heavy (non-hydrogen) atoms. The smallest absolute Gasteiger partial charge is 0.244 e. The zero-order chi connectivity index (χ0) is 19.0. The van der Waals surface area contributed by atoms with Gasteiger partial charge in [0.15, 0.2) is 0 Å². The number of nitrogens with two attached hydrogens (primary N) is 1. The van der Waals surface area contributed by atoms with Gasteiger partial charge in [0.25, 0.3) is 0 Å². The molecule has 0 unspecified atom stereocenters. The van der Waals surface area contributed by atoms with Gasteiger partial charge in [0.2, 0.25) is 11.8 Å². The standard InChI is InChI=1S/C20H18N4O2S/c1-3-25-13-7-5-12(6-8-13)18-17-16(15-9-4-11(2)27-15)14(10-21)19(22)26-20(17)24-23-18/h4-9,16H,3,22H2,1-2H3,(H,23,24)/t16-/m1/s1. The fraction of sp³-hybridized carbons (Fsp3) is 0.200. The van der Waals surface area contributed by atoms with Crippen LogP contribution in [0.15, 0.2) is 47.9 Å². The molecule has 3 aromatic rings. The summed E-state index contributed by atoms with van der Waals surface area (Å²) in [4.78, 5) is 2.20. The molecule has 0 saturated heterocycles. The SMILES string of the molecule is CCOc1ccc(-c2[nH]nc3c2[C@@H](c2ccc(C)s2)C(C#N)=C(N)O3)cc1. The Morgan fingerprint density at radius 3 is 2.70 bits per heavy atom. The highest BCUT2D eigenvalue weighted by atomic mass is 32.1. The van der Waals surface area contributed by atoms with Crippen LogP contribution in [0.25, 0.3) is 11.3 Å². The van der Waals surface area contributed by atoms with Crippen molar-refractivity contribution < 1.29 is 9.47 Å². The van der Waals surface area contributed by atoms with E-state index in [1.54, 1.807) is 11.3 Å². The molecule has 0 amide bonds. The first kappa shape index (κ1) is 17.2. The molecular weight excluding hydrogens is 360 g/mol. The van der Waals surface area contributed by atoms with Crippen molar-refractivity contribution in [3.63, 3.8) is 0 Å². The van der Waals surface area contributed by atoms with Crippen LogP contribution in [0.2, 0.25) is 0 Å². The number of aryl methyl sites for hydroxylation is 1. The number of nitriles is 1. The van der Waals surface area contributed by atoms with Gasteiger partial charge in [-0.1, -0.05) is 0 Å². The van der Waals surface area contributed by atoms with E-state index in [1.165, 1.54) is 4.88 Å². The zero-order valence-corrected chi connectivity index (χ0v) is 15.8. The summed E-state index contributed by atoms with van der Waals surface area (Å²) < 4.78 is 11.1. The minimum absolute atomic E-state index is 0.103. The van der Waals surface area contributed by atoms with E-state index < -0.39 is 0 Å². The molecule has 0 fully saturated rings. The molecule has 0 aliphatic carbocycles. The number of aromatic amines is 1. The maximum absolute atomic E-state index is 9.71. The number of fused-ring (bicyclic) bond motifs is 1. The summed E-state index contributed by atoms with van der Waals surface area (Å²) in [6, 6.07) is 14.0. The molecule has 1 aliphatic rings. The Balaban J connectivity index is 1.85. The van der Waals surface area contributed by atoms with E-state index >= 15 is 0 Å². The van der Waals surface area contributed by atoms with Gasteiger partial charge in [-0.25, -0.2) is 0 Å². The number of ether oxygens (including phenoxy) is 2. The van der Waals surface area contributed by atoms with Gasteiger partial charge in [-0.2, -0.15) is 5.26 Å². The van der Waals surface area contributed by atoms with Crippen LogP contribution in [0.5, 0.6) is 11.6 Å². The third-order valence-electron chi connectivity index (χ3n) is 4.44. The van der Waals surface area contributed by atoms with Gasteiger partial charge in [0.1, 0.15) is 17.4 Å². The second-order valence-corrected chi connectivity index (χ2v) is 7.47. The van der Waals surface area contributed by atoms with E-state index in [-0.39, 0.29) is 11.8 Å². The lowest BCUT2D eigenvalue weighted by atomic mass is 9.87. The number of rotatable bonds is 4. The van der Waals surface area contributed by atoms with Crippen molar-refractivity contribution in [2.45, 2.75) is 19.8 Å². The van der Waals surface area contributed by atoms with Crippen molar-refractivity contribution in [3.8, 4) is 29.0 Å². The lowest BCUT2D eigenvalue weighted by Gasteiger charge is -2.22. The molecule has 2 aromatic heterocycles. The highest BCUT2D eigenvalue weighted by Crippen LogP contribution is 2.47. The summed E-state index contributed by atoms with van der Waals surface area (Å²) in [6.07, 6.45) is 0. The van der Waals surface area contributed by atoms with Crippen LogP contribution in [-0.4, -0.2) is 16.8 Å².